The molecule has 0 saturated heterocycles. The molecule has 1 aromatic rings. The lowest BCUT2D eigenvalue weighted by atomic mass is 10.2. The molecule has 0 aromatic heterocycles. The van der Waals surface area contributed by atoms with E-state index in [1.807, 2.05) is 4.72 Å². The van der Waals surface area contributed by atoms with Crippen molar-refractivity contribution in [3.8, 4) is 0 Å². The first-order valence-corrected chi connectivity index (χ1v) is 5.36. The molecule has 0 aliphatic carbocycles. The molecule has 0 aliphatic rings. The van der Waals surface area contributed by atoms with Crippen molar-refractivity contribution in [3.05, 3.63) is 23.5 Å². The quantitative estimate of drug-likeness (QED) is 0.715. The van der Waals surface area contributed by atoms with E-state index in [1.165, 1.54) is 7.05 Å². The molecule has 3 N–H and O–H groups in total. The van der Waals surface area contributed by atoms with Crippen LogP contribution in [0, 0.1) is 12.7 Å². The van der Waals surface area contributed by atoms with E-state index in [-0.39, 0.29) is 5.69 Å². The molecule has 0 radical (unpaired) electrons. The van der Waals surface area contributed by atoms with Gasteiger partial charge in [0.05, 0.1) is 0 Å². The Balaban J connectivity index is 3.45. The third-order valence-corrected chi connectivity index (χ3v) is 3.31. The summed E-state index contributed by atoms with van der Waals surface area (Å²) >= 11 is 0. The molecule has 0 fully saturated rings. The summed E-state index contributed by atoms with van der Waals surface area (Å²) in [7, 11) is -2.56. The molecule has 4 nitrogen and oxygen atoms in total. The van der Waals surface area contributed by atoms with E-state index in [0.717, 1.165) is 12.1 Å². The third-order valence-electron chi connectivity index (χ3n) is 1.88. The van der Waals surface area contributed by atoms with Crippen LogP contribution in [0.1, 0.15) is 5.56 Å². The number of nitrogens with one attached hydrogen (secondary N) is 1. The summed E-state index contributed by atoms with van der Waals surface area (Å²) in [4.78, 5) is -0.428. The molecule has 6 heteroatoms. The van der Waals surface area contributed by atoms with Gasteiger partial charge in [0.1, 0.15) is 10.7 Å². The van der Waals surface area contributed by atoms with Crippen LogP contribution in [-0.2, 0) is 10.0 Å². The lowest BCUT2D eigenvalue weighted by Crippen LogP contribution is -2.20. The van der Waals surface area contributed by atoms with Crippen molar-refractivity contribution >= 4 is 15.7 Å². The van der Waals surface area contributed by atoms with Crippen LogP contribution in [0.5, 0.6) is 0 Å². The summed E-state index contributed by atoms with van der Waals surface area (Å²) in [6.45, 7) is 1.61. The van der Waals surface area contributed by atoms with Crippen LogP contribution in [0.2, 0.25) is 0 Å². The van der Waals surface area contributed by atoms with Crippen molar-refractivity contribution in [2.45, 2.75) is 11.8 Å². The number of sulfonamides is 1. The standard InChI is InChI=1S/C8H11FN2O2S/c1-5-3-6(9)8(4-7(5)10)14(12,13)11-2/h3-4,11H,10H2,1-2H3. The summed E-state index contributed by atoms with van der Waals surface area (Å²) in [5.74, 6) is -0.800. The molecule has 0 atom stereocenters. The predicted octanol–water partition coefficient (Wildman–Crippen LogP) is 0.624. The van der Waals surface area contributed by atoms with Gasteiger partial charge in [0.2, 0.25) is 10.0 Å². The summed E-state index contributed by atoms with van der Waals surface area (Å²) in [5, 5.41) is 0. The number of hydrogen-bond acceptors (Lipinski definition) is 3. The second-order valence-corrected chi connectivity index (χ2v) is 4.70. The minimum atomic E-state index is -3.77. The van der Waals surface area contributed by atoms with E-state index >= 15 is 0 Å². The first-order chi connectivity index (χ1) is 6.38. The Hall–Kier alpha value is -1.14. The molecule has 0 amide bonds. The highest BCUT2D eigenvalue weighted by Crippen LogP contribution is 2.20. The molecule has 0 saturated carbocycles. The Morgan fingerprint density at radius 1 is 1.43 bits per heavy atom. The fraction of sp³-hybridized carbons (Fsp3) is 0.250. The van der Waals surface area contributed by atoms with Crippen molar-refractivity contribution in [2.24, 2.45) is 0 Å². The van der Waals surface area contributed by atoms with E-state index < -0.39 is 20.7 Å². The van der Waals surface area contributed by atoms with Gasteiger partial charge in [-0.2, -0.15) is 0 Å². The van der Waals surface area contributed by atoms with Gasteiger partial charge in [0.25, 0.3) is 0 Å². The van der Waals surface area contributed by atoms with E-state index in [2.05, 4.69) is 0 Å². The zero-order valence-corrected chi connectivity index (χ0v) is 8.65. The van der Waals surface area contributed by atoms with Crippen molar-refractivity contribution in [1.82, 2.24) is 4.72 Å². The second-order valence-electron chi connectivity index (χ2n) is 2.85. The van der Waals surface area contributed by atoms with Crippen LogP contribution < -0.4 is 10.5 Å². The van der Waals surface area contributed by atoms with Crippen molar-refractivity contribution in [2.75, 3.05) is 12.8 Å². The van der Waals surface area contributed by atoms with Gasteiger partial charge in [-0.3, -0.25) is 0 Å². The normalized spacial score (nSPS) is 11.6. The first-order valence-electron chi connectivity index (χ1n) is 3.87. The number of nitrogens with two attached hydrogens (primary N) is 1. The number of aryl methyl sites for hydroxylation is 1. The molecule has 0 bridgehead atoms. The summed E-state index contributed by atoms with van der Waals surface area (Å²) in [5.41, 5.74) is 6.24. The Labute approximate surface area is 82.0 Å². The van der Waals surface area contributed by atoms with Gasteiger partial charge in [-0.1, -0.05) is 0 Å². The predicted molar refractivity (Wildman–Crippen MR) is 51.8 cm³/mol. The van der Waals surface area contributed by atoms with Gasteiger partial charge >= 0.3 is 0 Å². The van der Waals surface area contributed by atoms with Crippen LogP contribution >= 0.6 is 0 Å². The van der Waals surface area contributed by atoms with E-state index in [1.54, 1.807) is 6.92 Å². The molecule has 0 heterocycles. The average molecular weight is 218 g/mol. The first kappa shape index (κ1) is 10.9. The molecule has 1 aromatic carbocycles. The number of hydrogen-bond donors (Lipinski definition) is 2. The van der Waals surface area contributed by atoms with Gasteiger partial charge < -0.3 is 5.73 Å². The number of nitrogen functional groups attached to an aromatic ring is 1. The van der Waals surface area contributed by atoms with E-state index in [4.69, 9.17) is 5.73 Å². The zero-order chi connectivity index (χ0) is 10.9. The second kappa shape index (κ2) is 3.55. The average Bonchev–Trinajstić information content (AvgIpc) is 2.11. The molecule has 1 rings (SSSR count). The van der Waals surface area contributed by atoms with Crippen LogP contribution in [0.3, 0.4) is 0 Å². The Bertz CT molecular complexity index is 457. The van der Waals surface area contributed by atoms with Gasteiger partial charge in [-0.15, -0.1) is 0 Å². The van der Waals surface area contributed by atoms with Crippen molar-refractivity contribution in [1.29, 1.82) is 0 Å². The topological polar surface area (TPSA) is 72.2 Å². The van der Waals surface area contributed by atoms with Gasteiger partial charge in [0.15, 0.2) is 0 Å². The third kappa shape index (κ3) is 1.85. The highest BCUT2D eigenvalue weighted by Gasteiger charge is 2.18. The molecule has 78 valence electrons. The molecular weight excluding hydrogens is 207 g/mol. The maximum absolute atomic E-state index is 13.2. The monoisotopic (exact) mass is 218 g/mol. The summed E-state index contributed by atoms with van der Waals surface area (Å²) in [6, 6.07) is 2.20. The molecule has 14 heavy (non-hydrogen) atoms. The van der Waals surface area contributed by atoms with Crippen LogP contribution in [0.15, 0.2) is 17.0 Å². The van der Waals surface area contributed by atoms with Gasteiger partial charge in [-0.25, -0.2) is 17.5 Å². The highest BCUT2D eigenvalue weighted by atomic mass is 32.2. The molecular formula is C8H11FN2O2S. The number of anilines is 1. The highest BCUT2D eigenvalue weighted by molar-refractivity contribution is 7.89. The zero-order valence-electron chi connectivity index (χ0n) is 7.83. The number of rotatable bonds is 2. The van der Waals surface area contributed by atoms with Crippen LogP contribution in [0.4, 0.5) is 10.1 Å². The fourth-order valence-electron chi connectivity index (χ4n) is 0.984. The van der Waals surface area contributed by atoms with Crippen LogP contribution in [-0.4, -0.2) is 15.5 Å². The van der Waals surface area contributed by atoms with Gasteiger partial charge in [0, 0.05) is 5.69 Å². The maximum Gasteiger partial charge on any atom is 0.243 e. The van der Waals surface area contributed by atoms with Crippen molar-refractivity contribution in [3.63, 3.8) is 0 Å². The fourth-order valence-corrected chi connectivity index (χ4v) is 1.80. The van der Waals surface area contributed by atoms with Gasteiger partial charge in [-0.05, 0) is 31.7 Å². The maximum atomic E-state index is 13.2. The lowest BCUT2D eigenvalue weighted by molar-refractivity contribution is 0.561. The Morgan fingerprint density at radius 3 is 2.50 bits per heavy atom. The largest absolute Gasteiger partial charge is 0.398 e. The Kier molecular flexibility index (Phi) is 2.77. The minimum Gasteiger partial charge on any atom is -0.398 e. The van der Waals surface area contributed by atoms with E-state index in [0.29, 0.717) is 5.56 Å². The number of benzene rings is 1. The number of halogens is 1. The smallest absolute Gasteiger partial charge is 0.243 e. The summed E-state index contributed by atoms with van der Waals surface area (Å²) < 4.78 is 37.8. The minimum absolute atomic E-state index is 0.250. The lowest BCUT2D eigenvalue weighted by Gasteiger charge is -2.06. The molecule has 0 unspecified atom stereocenters. The van der Waals surface area contributed by atoms with Crippen molar-refractivity contribution < 1.29 is 12.8 Å². The van der Waals surface area contributed by atoms with E-state index in [9.17, 15) is 12.8 Å². The Morgan fingerprint density at radius 2 is 2.00 bits per heavy atom. The summed E-state index contributed by atoms with van der Waals surface area (Å²) in [6.07, 6.45) is 0. The molecule has 0 aliphatic heterocycles. The SMILES string of the molecule is CNS(=O)(=O)c1cc(N)c(C)cc1F. The molecule has 0 spiro atoms. The van der Waals surface area contributed by atoms with Crippen LogP contribution in [0.25, 0.3) is 0 Å².